The monoisotopic (exact) mass is 332 g/mol. The first kappa shape index (κ1) is 17.2. The number of methoxy groups -OCH3 is 1. The van der Waals surface area contributed by atoms with Crippen molar-refractivity contribution < 1.29 is 14.6 Å². The molecule has 1 fully saturated rings. The van der Waals surface area contributed by atoms with Crippen LogP contribution in [0.1, 0.15) is 37.3 Å². The summed E-state index contributed by atoms with van der Waals surface area (Å²) in [7, 11) is 1.74. The zero-order chi connectivity index (χ0) is 17.1. The maximum atomic E-state index is 10.9. The molecule has 2 aliphatic carbocycles. The predicted molar refractivity (Wildman–Crippen MR) is 93.6 cm³/mol. The van der Waals surface area contributed by atoms with Gasteiger partial charge in [-0.05, 0) is 55.8 Å². The summed E-state index contributed by atoms with van der Waals surface area (Å²) in [5, 5.41) is 12.8. The van der Waals surface area contributed by atoms with Gasteiger partial charge in [0.2, 0.25) is 0 Å². The molecule has 5 heteroatoms. The lowest BCUT2D eigenvalue weighted by atomic mass is 9.82. The number of fused-ring (bicyclic) bond motifs is 1. The van der Waals surface area contributed by atoms with E-state index in [-0.39, 0.29) is 6.54 Å². The smallest absolute Gasteiger partial charge is 0.317 e. The third kappa shape index (κ3) is 3.73. The van der Waals surface area contributed by atoms with Gasteiger partial charge in [-0.3, -0.25) is 9.69 Å². The number of hydrogen-bond donors (Lipinski definition) is 2. The molecule has 0 saturated heterocycles. The highest BCUT2D eigenvalue weighted by Gasteiger charge is 2.35. The van der Waals surface area contributed by atoms with Crippen molar-refractivity contribution in [3.63, 3.8) is 0 Å². The van der Waals surface area contributed by atoms with Gasteiger partial charge in [-0.2, -0.15) is 0 Å². The van der Waals surface area contributed by atoms with Crippen LogP contribution < -0.4 is 10.1 Å². The molecule has 0 aromatic heterocycles. The van der Waals surface area contributed by atoms with E-state index in [1.807, 2.05) is 13.0 Å². The van der Waals surface area contributed by atoms with Crippen molar-refractivity contribution >= 4 is 5.97 Å². The second kappa shape index (κ2) is 7.53. The lowest BCUT2D eigenvalue weighted by Crippen LogP contribution is -2.56. The van der Waals surface area contributed by atoms with Gasteiger partial charge in [0.15, 0.2) is 0 Å². The van der Waals surface area contributed by atoms with Crippen LogP contribution in [0.4, 0.5) is 0 Å². The summed E-state index contributed by atoms with van der Waals surface area (Å²) in [6.07, 6.45) is 5.37. The van der Waals surface area contributed by atoms with Crippen LogP contribution in [0.2, 0.25) is 0 Å². The summed E-state index contributed by atoms with van der Waals surface area (Å²) in [5.41, 5.74) is 2.76. The second-order valence-electron chi connectivity index (χ2n) is 6.98. The standard InChI is InChI=1S/C19H28N2O3/c1-3-21(12-19(22)23)16-10-15(11-16)20-14-7-8-17-13(9-14)5-4-6-18(17)24-2/h4-6,14-16,20H,3,7-12H2,1-2H3,(H,22,23). The van der Waals surface area contributed by atoms with Crippen molar-refractivity contribution in [2.75, 3.05) is 20.2 Å². The average molecular weight is 332 g/mol. The number of nitrogens with zero attached hydrogens (tertiary/aromatic N) is 1. The molecule has 24 heavy (non-hydrogen) atoms. The number of ether oxygens (including phenoxy) is 1. The first-order chi connectivity index (χ1) is 11.6. The van der Waals surface area contributed by atoms with Gasteiger partial charge < -0.3 is 15.2 Å². The maximum absolute atomic E-state index is 10.9. The van der Waals surface area contributed by atoms with Crippen LogP contribution in [0.3, 0.4) is 0 Å². The van der Waals surface area contributed by atoms with E-state index in [1.54, 1.807) is 7.11 Å². The number of carboxylic acid groups (broad SMARTS) is 1. The summed E-state index contributed by atoms with van der Waals surface area (Å²) in [6.45, 7) is 3.00. The molecule has 1 unspecified atom stereocenters. The molecule has 2 aliphatic rings. The molecule has 0 heterocycles. The third-order valence-electron chi connectivity index (χ3n) is 5.50. The van der Waals surface area contributed by atoms with E-state index in [0.717, 1.165) is 44.4 Å². The van der Waals surface area contributed by atoms with Gasteiger partial charge in [0, 0.05) is 18.1 Å². The first-order valence-corrected chi connectivity index (χ1v) is 8.97. The molecular weight excluding hydrogens is 304 g/mol. The van der Waals surface area contributed by atoms with E-state index in [1.165, 1.54) is 11.1 Å². The highest BCUT2D eigenvalue weighted by molar-refractivity contribution is 5.69. The second-order valence-corrected chi connectivity index (χ2v) is 6.98. The van der Waals surface area contributed by atoms with Crippen LogP contribution >= 0.6 is 0 Å². The Morgan fingerprint density at radius 2 is 2.17 bits per heavy atom. The fourth-order valence-corrected chi connectivity index (χ4v) is 4.13. The summed E-state index contributed by atoms with van der Waals surface area (Å²) >= 11 is 0. The Morgan fingerprint density at radius 3 is 2.83 bits per heavy atom. The summed E-state index contributed by atoms with van der Waals surface area (Å²) in [5.74, 6) is 0.285. The predicted octanol–water partition coefficient (Wildman–Crippen LogP) is 2.08. The number of rotatable bonds is 7. The zero-order valence-corrected chi connectivity index (χ0v) is 14.6. The third-order valence-corrected chi connectivity index (χ3v) is 5.50. The molecule has 3 rings (SSSR count). The number of aliphatic carboxylic acids is 1. The van der Waals surface area contributed by atoms with Gasteiger partial charge in [0.1, 0.15) is 5.75 Å². The van der Waals surface area contributed by atoms with Gasteiger partial charge in [-0.25, -0.2) is 0 Å². The van der Waals surface area contributed by atoms with Crippen molar-refractivity contribution in [2.45, 2.75) is 57.2 Å². The number of benzene rings is 1. The lowest BCUT2D eigenvalue weighted by molar-refractivity contribution is -0.139. The summed E-state index contributed by atoms with van der Waals surface area (Å²) in [4.78, 5) is 13.0. The largest absolute Gasteiger partial charge is 0.496 e. The summed E-state index contributed by atoms with van der Waals surface area (Å²) in [6, 6.07) is 7.79. The molecule has 2 N–H and O–H groups in total. The number of nitrogens with one attached hydrogen (secondary N) is 1. The van der Waals surface area contributed by atoms with Crippen LogP contribution in [0.25, 0.3) is 0 Å². The van der Waals surface area contributed by atoms with E-state index in [9.17, 15) is 4.79 Å². The van der Waals surface area contributed by atoms with Crippen molar-refractivity contribution in [3.05, 3.63) is 29.3 Å². The molecule has 0 spiro atoms. The van der Waals surface area contributed by atoms with E-state index in [2.05, 4.69) is 22.3 Å². The number of carbonyl (C=O) groups is 1. The highest BCUT2D eigenvalue weighted by Crippen LogP contribution is 2.31. The number of likely N-dealkylation sites (N-methyl/N-ethyl adjacent to an activating group) is 1. The Balaban J connectivity index is 1.50. The van der Waals surface area contributed by atoms with Crippen LogP contribution in [0.15, 0.2) is 18.2 Å². The Labute approximate surface area is 144 Å². The summed E-state index contributed by atoms with van der Waals surface area (Å²) < 4.78 is 5.47. The average Bonchev–Trinajstić information content (AvgIpc) is 2.54. The van der Waals surface area contributed by atoms with Crippen molar-refractivity contribution in [2.24, 2.45) is 0 Å². The Morgan fingerprint density at radius 1 is 1.38 bits per heavy atom. The van der Waals surface area contributed by atoms with Crippen molar-refractivity contribution in [1.82, 2.24) is 10.2 Å². The molecule has 1 saturated carbocycles. The van der Waals surface area contributed by atoms with Crippen molar-refractivity contribution in [1.29, 1.82) is 0 Å². The van der Waals surface area contributed by atoms with Gasteiger partial charge in [-0.1, -0.05) is 19.1 Å². The highest BCUT2D eigenvalue weighted by atomic mass is 16.5. The van der Waals surface area contributed by atoms with E-state index < -0.39 is 5.97 Å². The molecule has 0 radical (unpaired) electrons. The molecule has 1 aromatic rings. The van der Waals surface area contributed by atoms with Crippen LogP contribution in [0, 0.1) is 0 Å². The molecule has 1 atom stereocenters. The normalized spacial score (nSPS) is 25.9. The molecule has 132 valence electrons. The minimum atomic E-state index is -0.730. The topological polar surface area (TPSA) is 61.8 Å². The van der Waals surface area contributed by atoms with Gasteiger partial charge in [0.05, 0.1) is 13.7 Å². The Hall–Kier alpha value is -1.59. The fraction of sp³-hybridized carbons (Fsp3) is 0.632. The molecule has 0 amide bonds. The lowest BCUT2D eigenvalue weighted by Gasteiger charge is -2.44. The first-order valence-electron chi connectivity index (χ1n) is 8.97. The van der Waals surface area contributed by atoms with Crippen molar-refractivity contribution in [3.8, 4) is 5.75 Å². The maximum Gasteiger partial charge on any atom is 0.317 e. The number of hydrogen-bond acceptors (Lipinski definition) is 4. The Bertz CT molecular complexity index is 584. The van der Waals surface area contributed by atoms with Gasteiger partial charge in [-0.15, -0.1) is 0 Å². The van der Waals surface area contributed by atoms with Gasteiger partial charge in [0.25, 0.3) is 0 Å². The van der Waals surface area contributed by atoms with Crippen LogP contribution in [0.5, 0.6) is 5.75 Å². The molecule has 1 aromatic carbocycles. The minimum absolute atomic E-state index is 0.157. The zero-order valence-electron chi connectivity index (χ0n) is 14.6. The SMILES string of the molecule is CCN(CC(=O)O)C1CC(NC2CCc3c(cccc3OC)C2)C1. The van der Waals surface area contributed by atoms with E-state index >= 15 is 0 Å². The quantitative estimate of drug-likeness (QED) is 0.800. The van der Waals surface area contributed by atoms with E-state index in [4.69, 9.17) is 9.84 Å². The molecule has 0 bridgehead atoms. The molecular formula is C19H28N2O3. The molecule has 0 aliphatic heterocycles. The van der Waals surface area contributed by atoms with Crippen LogP contribution in [-0.2, 0) is 17.6 Å². The van der Waals surface area contributed by atoms with Crippen LogP contribution in [-0.4, -0.2) is 54.3 Å². The Kier molecular flexibility index (Phi) is 5.41. The molecule has 5 nitrogen and oxygen atoms in total. The van der Waals surface area contributed by atoms with Gasteiger partial charge >= 0.3 is 5.97 Å². The minimum Gasteiger partial charge on any atom is -0.496 e. The number of carboxylic acids is 1. The van der Waals surface area contributed by atoms with E-state index in [0.29, 0.717) is 18.1 Å². The fourth-order valence-electron chi connectivity index (χ4n) is 4.13.